The normalized spacial score (nSPS) is 27.4. The molecule has 2 aromatic carbocycles. The van der Waals surface area contributed by atoms with Crippen molar-refractivity contribution in [3.05, 3.63) is 47.8 Å². The zero-order valence-electron chi connectivity index (χ0n) is 17.0. The molecule has 0 amide bonds. The van der Waals surface area contributed by atoms with E-state index in [0.717, 1.165) is 19.1 Å². The summed E-state index contributed by atoms with van der Waals surface area (Å²) in [5.74, 6) is -0.716. The van der Waals surface area contributed by atoms with Crippen molar-refractivity contribution in [1.29, 1.82) is 0 Å². The molecule has 0 radical (unpaired) electrons. The summed E-state index contributed by atoms with van der Waals surface area (Å²) in [7, 11) is -3.42. The highest BCUT2D eigenvalue weighted by atomic mass is 35.5. The maximum absolute atomic E-state index is 15.5. The predicted molar refractivity (Wildman–Crippen MR) is 114 cm³/mol. The summed E-state index contributed by atoms with van der Waals surface area (Å²) in [6, 6.07) is 8.76. The van der Waals surface area contributed by atoms with Crippen LogP contribution in [0.25, 0.3) is 11.1 Å². The molecule has 2 N–H and O–H groups in total. The number of alkyl halides is 2. The second-order valence-electron chi connectivity index (χ2n) is 8.40. The van der Waals surface area contributed by atoms with Crippen LogP contribution >= 0.6 is 12.4 Å². The summed E-state index contributed by atoms with van der Waals surface area (Å²) in [5.41, 5.74) is 0.642. The van der Waals surface area contributed by atoms with Gasteiger partial charge in [0.15, 0.2) is 11.5 Å². The van der Waals surface area contributed by atoms with E-state index in [1.165, 1.54) is 24.3 Å². The molecule has 6 rings (SSSR count). The molecule has 1 saturated carbocycles. The Morgan fingerprint density at radius 1 is 1.12 bits per heavy atom. The van der Waals surface area contributed by atoms with Crippen LogP contribution in [0.3, 0.4) is 0 Å². The number of para-hydroxylation sites is 1. The van der Waals surface area contributed by atoms with E-state index < -0.39 is 22.1 Å². The van der Waals surface area contributed by atoms with Crippen molar-refractivity contribution in [3.8, 4) is 22.6 Å². The van der Waals surface area contributed by atoms with Crippen molar-refractivity contribution in [3.63, 3.8) is 0 Å². The molecule has 11 heteroatoms. The van der Waals surface area contributed by atoms with Crippen LogP contribution in [0.2, 0.25) is 0 Å². The third-order valence-electron chi connectivity index (χ3n) is 6.15. The van der Waals surface area contributed by atoms with Gasteiger partial charge in [-0.25, -0.2) is 17.5 Å². The Morgan fingerprint density at radius 3 is 2.53 bits per heavy atom. The Hall–Kier alpha value is -2.01. The minimum Gasteiger partial charge on any atom is -0.395 e. The summed E-state index contributed by atoms with van der Waals surface area (Å²) >= 11 is 0. The number of sulfonamides is 1. The molecule has 2 bridgehead atoms. The highest BCUT2D eigenvalue weighted by Crippen LogP contribution is 2.47. The van der Waals surface area contributed by atoms with Crippen molar-refractivity contribution >= 4 is 22.4 Å². The third kappa shape index (κ3) is 4.28. The molecule has 2 atom stereocenters. The Labute approximate surface area is 189 Å². The van der Waals surface area contributed by atoms with Gasteiger partial charge < -0.3 is 14.8 Å². The van der Waals surface area contributed by atoms with E-state index in [4.69, 9.17) is 0 Å². The van der Waals surface area contributed by atoms with E-state index >= 15 is 4.39 Å². The summed E-state index contributed by atoms with van der Waals surface area (Å²) in [6.45, 7) is 0. The second kappa shape index (κ2) is 8.09. The Kier molecular flexibility index (Phi) is 5.85. The van der Waals surface area contributed by atoms with E-state index in [9.17, 15) is 17.2 Å². The molecule has 2 aromatic rings. The third-order valence-corrected chi connectivity index (χ3v) is 6.85. The van der Waals surface area contributed by atoms with Crippen LogP contribution < -0.4 is 19.5 Å². The Balaban J connectivity index is 0.00000245. The quantitative estimate of drug-likeness (QED) is 0.671. The fraction of sp³-hybridized carbons (Fsp3) is 0.429. The average Bonchev–Trinajstić information content (AvgIpc) is 2.96. The molecular formula is C21H22ClF3N2O4S. The summed E-state index contributed by atoms with van der Waals surface area (Å²) in [4.78, 5) is 0. The first-order valence-electron chi connectivity index (χ1n) is 9.99. The van der Waals surface area contributed by atoms with Gasteiger partial charge in [0, 0.05) is 29.3 Å². The van der Waals surface area contributed by atoms with E-state index in [-0.39, 0.29) is 59.5 Å². The van der Waals surface area contributed by atoms with Crippen LogP contribution in [0.15, 0.2) is 36.4 Å². The van der Waals surface area contributed by atoms with Crippen LogP contribution in [-0.2, 0) is 16.4 Å². The molecule has 2 saturated heterocycles. The lowest BCUT2D eigenvalue weighted by Gasteiger charge is -2.52. The molecule has 3 aliphatic heterocycles. The fourth-order valence-corrected chi connectivity index (χ4v) is 5.65. The first kappa shape index (κ1) is 23.2. The smallest absolute Gasteiger partial charge is 0.395 e. The van der Waals surface area contributed by atoms with Gasteiger partial charge in [-0.1, -0.05) is 30.3 Å². The lowest BCUT2D eigenvalue weighted by Crippen LogP contribution is -2.67. The van der Waals surface area contributed by atoms with Gasteiger partial charge in [-0.3, -0.25) is 0 Å². The molecule has 4 aliphatic rings. The SMILES string of the molecule is CS(=O)(=O)N[C@H]1C2CC(C2)N[C@H]1Cc1cccc(-c2cccc3c2OC(F)(F)O3)c1F.Cl. The van der Waals surface area contributed by atoms with E-state index in [0.29, 0.717) is 11.6 Å². The van der Waals surface area contributed by atoms with Crippen LogP contribution in [0, 0.1) is 11.7 Å². The van der Waals surface area contributed by atoms with Gasteiger partial charge in [0.2, 0.25) is 10.0 Å². The summed E-state index contributed by atoms with van der Waals surface area (Å²) in [5, 5.41) is 3.40. The number of hydrogen-bond acceptors (Lipinski definition) is 5. The predicted octanol–water partition coefficient (Wildman–Crippen LogP) is 3.45. The first-order valence-corrected chi connectivity index (χ1v) is 11.9. The number of hydrogen-bond donors (Lipinski definition) is 2. The maximum atomic E-state index is 15.5. The lowest BCUT2D eigenvalue weighted by molar-refractivity contribution is -0.286. The molecule has 0 unspecified atom stereocenters. The van der Waals surface area contributed by atoms with Crippen molar-refractivity contribution in [2.24, 2.45) is 5.92 Å². The summed E-state index contributed by atoms with van der Waals surface area (Å²) in [6.07, 6.45) is -0.668. The molecule has 0 spiro atoms. The van der Waals surface area contributed by atoms with Crippen molar-refractivity contribution in [1.82, 2.24) is 10.0 Å². The molecule has 1 aliphatic carbocycles. The molecule has 174 valence electrons. The monoisotopic (exact) mass is 490 g/mol. The number of rotatable bonds is 5. The number of ether oxygens (including phenoxy) is 2. The largest absolute Gasteiger partial charge is 0.586 e. The van der Waals surface area contributed by atoms with Crippen LogP contribution in [0.4, 0.5) is 13.2 Å². The molecule has 6 nitrogen and oxygen atoms in total. The van der Waals surface area contributed by atoms with Crippen molar-refractivity contribution in [2.45, 2.75) is 43.7 Å². The van der Waals surface area contributed by atoms with Gasteiger partial charge in [0.25, 0.3) is 0 Å². The molecule has 32 heavy (non-hydrogen) atoms. The fourth-order valence-electron chi connectivity index (χ4n) is 4.80. The average molecular weight is 491 g/mol. The van der Waals surface area contributed by atoms with Crippen molar-refractivity contribution in [2.75, 3.05) is 6.26 Å². The second-order valence-corrected chi connectivity index (χ2v) is 10.2. The number of benzene rings is 2. The first-order chi connectivity index (χ1) is 14.6. The van der Waals surface area contributed by atoms with Gasteiger partial charge in [-0.2, -0.15) is 0 Å². The van der Waals surface area contributed by atoms with Crippen LogP contribution in [0.1, 0.15) is 18.4 Å². The number of piperidine rings is 2. The number of halogens is 4. The minimum atomic E-state index is -3.80. The summed E-state index contributed by atoms with van der Waals surface area (Å²) < 4.78 is 78.0. The van der Waals surface area contributed by atoms with Gasteiger partial charge in [0.05, 0.1) is 6.26 Å². The Morgan fingerprint density at radius 2 is 1.81 bits per heavy atom. The zero-order chi connectivity index (χ0) is 22.0. The highest BCUT2D eigenvalue weighted by molar-refractivity contribution is 7.88. The van der Waals surface area contributed by atoms with E-state index in [1.54, 1.807) is 12.1 Å². The van der Waals surface area contributed by atoms with Gasteiger partial charge in [-0.15, -0.1) is 21.2 Å². The molecular weight excluding hydrogens is 469 g/mol. The number of fused-ring (bicyclic) bond motifs is 3. The standard InChI is InChI=1S/C21H21F3N2O4S.ClH/c1-31(27,28)26-19-12-8-13(9-12)25-16(19)10-11-4-2-5-14(18(11)22)15-6-3-7-17-20(15)30-21(23,24)29-17;/h2-7,12-13,16,19,25-26H,8-10H2,1H3;1H/t12?,13?,16-,19-;/m0./s1. The van der Waals surface area contributed by atoms with Gasteiger partial charge in [0.1, 0.15) is 5.82 Å². The number of nitrogens with one attached hydrogen (secondary N) is 2. The maximum Gasteiger partial charge on any atom is 0.586 e. The zero-order valence-corrected chi connectivity index (χ0v) is 18.6. The van der Waals surface area contributed by atoms with E-state index in [1.807, 2.05) is 0 Å². The van der Waals surface area contributed by atoms with Crippen LogP contribution in [0.5, 0.6) is 11.5 Å². The highest BCUT2D eigenvalue weighted by Gasteiger charge is 2.47. The Bertz CT molecular complexity index is 1140. The van der Waals surface area contributed by atoms with Crippen LogP contribution in [-0.4, -0.2) is 39.1 Å². The molecule has 3 fully saturated rings. The molecule has 0 aromatic heterocycles. The topological polar surface area (TPSA) is 76.7 Å². The lowest BCUT2D eigenvalue weighted by atomic mass is 9.68. The van der Waals surface area contributed by atoms with Gasteiger partial charge >= 0.3 is 6.29 Å². The van der Waals surface area contributed by atoms with E-state index in [2.05, 4.69) is 19.5 Å². The van der Waals surface area contributed by atoms with Gasteiger partial charge in [-0.05, 0) is 36.8 Å². The van der Waals surface area contributed by atoms with Crippen molar-refractivity contribution < 1.29 is 31.1 Å². The minimum absolute atomic E-state index is 0. The molecule has 3 heterocycles.